The molecule has 0 radical (unpaired) electrons. The number of aromatic nitrogens is 2. The minimum Gasteiger partial charge on any atom is -0.481 e. The van der Waals surface area contributed by atoms with Gasteiger partial charge >= 0.3 is 5.97 Å². The van der Waals surface area contributed by atoms with Crippen LogP contribution in [0.25, 0.3) is 0 Å². The molecule has 2 fully saturated rings. The van der Waals surface area contributed by atoms with E-state index in [0.29, 0.717) is 12.5 Å². The molecule has 5 nitrogen and oxygen atoms in total. The lowest BCUT2D eigenvalue weighted by molar-refractivity contribution is -0.150. The minimum atomic E-state index is -0.644. The smallest absolute Gasteiger partial charge is 0.311 e. The van der Waals surface area contributed by atoms with Gasteiger partial charge in [0, 0.05) is 13.1 Å². The molecule has 2 heterocycles. The summed E-state index contributed by atoms with van der Waals surface area (Å²) in [7, 11) is 0. The second-order valence-electron chi connectivity index (χ2n) is 6.29. The number of hydrogen-bond acceptors (Lipinski definition) is 4. The fourth-order valence-electron chi connectivity index (χ4n) is 3.19. The van der Waals surface area contributed by atoms with Gasteiger partial charge in [-0.25, -0.2) is 0 Å². The molecule has 1 aliphatic heterocycles. The molecular formula is C15H21N3O2. The van der Waals surface area contributed by atoms with E-state index in [2.05, 4.69) is 15.1 Å². The monoisotopic (exact) mass is 275 g/mol. The zero-order valence-corrected chi connectivity index (χ0v) is 11.9. The number of carboxylic acid groups (broad SMARTS) is 1. The highest BCUT2D eigenvalue weighted by Crippen LogP contribution is 2.45. The van der Waals surface area contributed by atoms with Crippen LogP contribution in [0.3, 0.4) is 0 Å². The molecule has 3 rings (SSSR count). The zero-order valence-electron chi connectivity index (χ0n) is 11.9. The minimum absolute atomic E-state index is 0.566. The molecule has 1 saturated heterocycles. The maximum Gasteiger partial charge on any atom is 0.311 e. The Morgan fingerprint density at radius 1 is 1.45 bits per heavy atom. The van der Waals surface area contributed by atoms with E-state index in [1.165, 1.54) is 12.8 Å². The SMILES string of the molecule is Cc1ccc(N2CCC[C@@](CC3CC3)(C(=O)O)C2)nn1. The highest BCUT2D eigenvalue weighted by Gasteiger charge is 2.46. The molecule has 1 atom stereocenters. The van der Waals surface area contributed by atoms with Gasteiger partial charge in [0.05, 0.1) is 11.1 Å². The van der Waals surface area contributed by atoms with Crippen molar-refractivity contribution in [2.24, 2.45) is 11.3 Å². The zero-order chi connectivity index (χ0) is 14.2. The van der Waals surface area contributed by atoms with E-state index in [1.54, 1.807) is 0 Å². The Kier molecular flexibility index (Phi) is 3.36. The third kappa shape index (κ3) is 2.62. The molecule has 0 amide bonds. The van der Waals surface area contributed by atoms with Crippen LogP contribution in [-0.2, 0) is 4.79 Å². The fraction of sp³-hybridized carbons (Fsp3) is 0.667. The molecule has 0 spiro atoms. The Morgan fingerprint density at radius 3 is 2.85 bits per heavy atom. The molecule has 0 unspecified atom stereocenters. The first kappa shape index (κ1) is 13.3. The van der Waals surface area contributed by atoms with Crippen molar-refractivity contribution in [1.82, 2.24) is 10.2 Å². The Hall–Kier alpha value is -1.65. The third-order valence-electron chi connectivity index (χ3n) is 4.51. The van der Waals surface area contributed by atoms with Crippen molar-refractivity contribution < 1.29 is 9.90 Å². The lowest BCUT2D eigenvalue weighted by Gasteiger charge is -2.40. The molecule has 20 heavy (non-hydrogen) atoms. The number of hydrogen-bond donors (Lipinski definition) is 1. The second-order valence-corrected chi connectivity index (χ2v) is 6.29. The van der Waals surface area contributed by atoms with E-state index >= 15 is 0 Å². The van der Waals surface area contributed by atoms with Crippen LogP contribution in [0.2, 0.25) is 0 Å². The molecule has 108 valence electrons. The van der Waals surface area contributed by atoms with Crippen molar-refractivity contribution >= 4 is 11.8 Å². The van der Waals surface area contributed by atoms with Crippen molar-refractivity contribution in [2.75, 3.05) is 18.0 Å². The van der Waals surface area contributed by atoms with Gasteiger partial charge in [0.15, 0.2) is 5.82 Å². The van der Waals surface area contributed by atoms with E-state index in [0.717, 1.165) is 37.3 Å². The van der Waals surface area contributed by atoms with Crippen LogP contribution in [0.5, 0.6) is 0 Å². The first-order valence-corrected chi connectivity index (χ1v) is 7.38. The van der Waals surface area contributed by atoms with Gasteiger partial charge in [-0.1, -0.05) is 12.8 Å². The number of aliphatic carboxylic acids is 1. The summed E-state index contributed by atoms with van der Waals surface area (Å²) in [6, 6.07) is 3.87. The van der Waals surface area contributed by atoms with Crippen molar-refractivity contribution in [3.63, 3.8) is 0 Å². The van der Waals surface area contributed by atoms with E-state index in [1.807, 2.05) is 19.1 Å². The van der Waals surface area contributed by atoms with E-state index < -0.39 is 11.4 Å². The number of nitrogens with zero attached hydrogens (tertiary/aromatic N) is 3. The standard InChI is InChI=1S/C15H21N3O2/c1-11-3-6-13(17-16-11)18-8-2-7-15(10-18,14(19)20)9-12-4-5-12/h3,6,12H,2,4-5,7-10H2,1H3,(H,19,20)/t15-/m0/s1. The topological polar surface area (TPSA) is 66.3 Å². The van der Waals surface area contributed by atoms with Gasteiger partial charge in [-0.05, 0) is 44.2 Å². The molecule has 1 aromatic heterocycles. The van der Waals surface area contributed by atoms with Gasteiger partial charge in [-0.3, -0.25) is 4.79 Å². The summed E-state index contributed by atoms with van der Waals surface area (Å²) >= 11 is 0. The van der Waals surface area contributed by atoms with Crippen LogP contribution in [0.4, 0.5) is 5.82 Å². The van der Waals surface area contributed by atoms with Crippen molar-refractivity contribution in [3.05, 3.63) is 17.8 Å². The van der Waals surface area contributed by atoms with E-state index in [9.17, 15) is 9.90 Å². The highest BCUT2D eigenvalue weighted by atomic mass is 16.4. The first-order valence-electron chi connectivity index (χ1n) is 7.38. The quantitative estimate of drug-likeness (QED) is 0.913. The molecule has 1 aromatic rings. The Morgan fingerprint density at radius 2 is 2.25 bits per heavy atom. The number of carbonyl (C=O) groups is 1. The normalized spacial score (nSPS) is 26.6. The Bertz CT molecular complexity index is 498. The van der Waals surface area contributed by atoms with Gasteiger partial charge in [-0.15, -0.1) is 5.10 Å². The van der Waals surface area contributed by atoms with Crippen molar-refractivity contribution in [1.29, 1.82) is 0 Å². The number of piperidine rings is 1. The van der Waals surface area contributed by atoms with E-state index in [4.69, 9.17) is 0 Å². The lowest BCUT2D eigenvalue weighted by atomic mass is 9.75. The highest BCUT2D eigenvalue weighted by molar-refractivity contribution is 5.76. The lowest BCUT2D eigenvalue weighted by Crippen LogP contribution is -2.48. The van der Waals surface area contributed by atoms with Gasteiger partial charge < -0.3 is 10.0 Å². The second kappa shape index (κ2) is 5.04. The molecular weight excluding hydrogens is 254 g/mol. The third-order valence-corrected chi connectivity index (χ3v) is 4.51. The molecule has 5 heteroatoms. The summed E-state index contributed by atoms with van der Waals surface area (Å²) in [5, 5.41) is 18.0. The molecule has 2 aliphatic rings. The average molecular weight is 275 g/mol. The number of anilines is 1. The fourth-order valence-corrected chi connectivity index (χ4v) is 3.19. The van der Waals surface area contributed by atoms with Gasteiger partial charge in [0.2, 0.25) is 0 Å². The maximum absolute atomic E-state index is 11.8. The number of rotatable bonds is 4. The maximum atomic E-state index is 11.8. The molecule has 1 saturated carbocycles. The molecule has 1 aliphatic carbocycles. The predicted octanol–water partition coefficient (Wildman–Crippen LogP) is 2.26. The van der Waals surface area contributed by atoms with Crippen LogP contribution in [0.15, 0.2) is 12.1 Å². The van der Waals surface area contributed by atoms with Crippen LogP contribution < -0.4 is 4.90 Å². The Balaban J connectivity index is 1.79. The summed E-state index contributed by atoms with van der Waals surface area (Å²) in [6.45, 7) is 3.34. The predicted molar refractivity (Wildman–Crippen MR) is 75.6 cm³/mol. The van der Waals surface area contributed by atoms with Gasteiger partial charge in [0.25, 0.3) is 0 Å². The number of aryl methyl sites for hydroxylation is 1. The summed E-state index contributed by atoms with van der Waals surface area (Å²) in [5.41, 5.74) is 0.291. The van der Waals surface area contributed by atoms with Crippen LogP contribution in [0.1, 0.15) is 37.8 Å². The summed E-state index contributed by atoms with van der Waals surface area (Å²) in [5.74, 6) is 0.779. The first-order chi connectivity index (χ1) is 9.59. The molecule has 0 aromatic carbocycles. The van der Waals surface area contributed by atoms with Gasteiger partial charge in [-0.2, -0.15) is 5.10 Å². The van der Waals surface area contributed by atoms with Crippen LogP contribution in [-0.4, -0.2) is 34.4 Å². The Labute approximate surface area is 119 Å². The number of carboxylic acids is 1. The summed E-state index contributed by atoms with van der Waals surface area (Å²) in [4.78, 5) is 13.9. The average Bonchev–Trinajstić information content (AvgIpc) is 3.23. The van der Waals surface area contributed by atoms with Crippen LogP contribution in [0, 0.1) is 18.3 Å². The van der Waals surface area contributed by atoms with Crippen LogP contribution >= 0.6 is 0 Å². The summed E-state index contributed by atoms with van der Waals surface area (Å²) < 4.78 is 0. The molecule has 0 bridgehead atoms. The summed E-state index contributed by atoms with van der Waals surface area (Å²) in [6.07, 6.45) is 4.90. The van der Waals surface area contributed by atoms with Crippen molar-refractivity contribution in [2.45, 2.75) is 39.0 Å². The van der Waals surface area contributed by atoms with Gasteiger partial charge in [0.1, 0.15) is 0 Å². The largest absolute Gasteiger partial charge is 0.481 e. The van der Waals surface area contributed by atoms with Crippen molar-refractivity contribution in [3.8, 4) is 0 Å². The molecule has 1 N–H and O–H groups in total. The van der Waals surface area contributed by atoms with E-state index in [-0.39, 0.29) is 0 Å².